The summed E-state index contributed by atoms with van der Waals surface area (Å²) in [7, 11) is 2.13. The van der Waals surface area contributed by atoms with E-state index in [0.717, 1.165) is 26.1 Å². The van der Waals surface area contributed by atoms with E-state index in [1.54, 1.807) is 0 Å². The lowest BCUT2D eigenvalue weighted by molar-refractivity contribution is -0.119. The van der Waals surface area contributed by atoms with Crippen molar-refractivity contribution < 1.29 is 4.79 Å². The van der Waals surface area contributed by atoms with E-state index in [0.29, 0.717) is 12.3 Å². The Morgan fingerprint density at radius 3 is 3.00 bits per heavy atom. The molecule has 2 heterocycles. The zero-order valence-corrected chi connectivity index (χ0v) is 8.05. The average molecular weight is 180 g/mol. The Hall–Kier alpha value is -0.830. The third-order valence-electron chi connectivity index (χ3n) is 2.95. The molecule has 0 saturated carbocycles. The highest BCUT2D eigenvalue weighted by atomic mass is 16.1. The van der Waals surface area contributed by atoms with Gasteiger partial charge >= 0.3 is 0 Å². The number of nitrogens with zero attached hydrogens (tertiary/aromatic N) is 1. The summed E-state index contributed by atoms with van der Waals surface area (Å²) in [6.45, 7) is 3.03. The average Bonchev–Trinajstić information content (AvgIpc) is 2.53. The van der Waals surface area contributed by atoms with E-state index in [1.165, 1.54) is 5.57 Å². The first-order valence-corrected chi connectivity index (χ1v) is 4.90. The number of likely N-dealkylation sites (N-methyl/N-ethyl adjacent to an activating group) is 1. The maximum atomic E-state index is 11.0. The molecule has 1 atom stereocenters. The lowest BCUT2D eigenvalue weighted by atomic mass is 9.93. The second kappa shape index (κ2) is 3.50. The van der Waals surface area contributed by atoms with E-state index in [4.69, 9.17) is 0 Å². The lowest BCUT2D eigenvalue weighted by Crippen LogP contribution is -2.26. The normalized spacial score (nSPS) is 30.1. The van der Waals surface area contributed by atoms with Crippen molar-refractivity contribution in [2.45, 2.75) is 12.8 Å². The summed E-state index contributed by atoms with van der Waals surface area (Å²) < 4.78 is 0. The van der Waals surface area contributed by atoms with E-state index >= 15 is 0 Å². The minimum Gasteiger partial charge on any atom is -0.355 e. The van der Waals surface area contributed by atoms with Crippen molar-refractivity contribution in [2.75, 3.05) is 26.7 Å². The number of carbonyl (C=O) groups excluding carboxylic acids is 1. The van der Waals surface area contributed by atoms with Crippen molar-refractivity contribution >= 4 is 5.91 Å². The highest BCUT2D eigenvalue weighted by Gasteiger charge is 2.25. The van der Waals surface area contributed by atoms with Gasteiger partial charge in [-0.15, -0.1) is 0 Å². The van der Waals surface area contributed by atoms with Crippen LogP contribution in [0.15, 0.2) is 11.6 Å². The molecular formula is C10H16N2O. The Balaban J connectivity index is 1.97. The summed E-state index contributed by atoms with van der Waals surface area (Å²) >= 11 is 0. The van der Waals surface area contributed by atoms with Gasteiger partial charge in [-0.2, -0.15) is 0 Å². The van der Waals surface area contributed by atoms with E-state index in [1.807, 2.05) is 0 Å². The Kier molecular flexibility index (Phi) is 2.36. The van der Waals surface area contributed by atoms with Crippen LogP contribution in [0, 0.1) is 5.92 Å². The molecular weight excluding hydrogens is 164 g/mol. The molecule has 0 aromatic heterocycles. The van der Waals surface area contributed by atoms with E-state index in [9.17, 15) is 4.79 Å². The highest BCUT2D eigenvalue weighted by Crippen LogP contribution is 2.24. The fraction of sp³-hybridized carbons (Fsp3) is 0.700. The Bertz CT molecular complexity index is 247. The van der Waals surface area contributed by atoms with E-state index < -0.39 is 0 Å². The molecule has 1 fully saturated rings. The molecule has 1 amide bonds. The largest absolute Gasteiger partial charge is 0.355 e. The number of carbonyl (C=O) groups is 1. The summed E-state index contributed by atoms with van der Waals surface area (Å²) in [4.78, 5) is 13.3. The smallest absolute Gasteiger partial charge is 0.220 e. The molecule has 1 N–H and O–H groups in total. The van der Waals surface area contributed by atoms with Crippen LogP contribution in [-0.4, -0.2) is 37.5 Å². The van der Waals surface area contributed by atoms with Crippen LogP contribution in [0.1, 0.15) is 12.8 Å². The van der Waals surface area contributed by atoms with Crippen molar-refractivity contribution in [3.8, 4) is 0 Å². The zero-order valence-electron chi connectivity index (χ0n) is 8.05. The van der Waals surface area contributed by atoms with Gasteiger partial charge < -0.3 is 10.2 Å². The first-order chi connectivity index (χ1) is 6.25. The molecule has 0 spiro atoms. The van der Waals surface area contributed by atoms with Gasteiger partial charge in [-0.05, 0) is 13.5 Å². The van der Waals surface area contributed by atoms with Gasteiger partial charge in [-0.1, -0.05) is 11.6 Å². The third-order valence-corrected chi connectivity index (χ3v) is 2.95. The summed E-state index contributed by atoms with van der Waals surface area (Å²) in [6, 6.07) is 0. The second-order valence-corrected chi connectivity index (χ2v) is 4.00. The number of rotatable bonds is 1. The van der Waals surface area contributed by atoms with Crippen molar-refractivity contribution in [3.63, 3.8) is 0 Å². The first kappa shape index (κ1) is 8.75. The van der Waals surface area contributed by atoms with E-state index in [-0.39, 0.29) is 5.91 Å². The van der Waals surface area contributed by atoms with Gasteiger partial charge in [0, 0.05) is 32.0 Å². The molecule has 0 aliphatic carbocycles. The van der Waals surface area contributed by atoms with Crippen LogP contribution in [-0.2, 0) is 4.79 Å². The fourth-order valence-electron chi connectivity index (χ4n) is 2.02. The van der Waals surface area contributed by atoms with Crippen LogP contribution >= 0.6 is 0 Å². The Morgan fingerprint density at radius 1 is 1.62 bits per heavy atom. The van der Waals surface area contributed by atoms with Crippen LogP contribution in [0.5, 0.6) is 0 Å². The number of nitrogens with one attached hydrogen (secondary N) is 1. The molecule has 72 valence electrons. The molecule has 2 rings (SSSR count). The zero-order chi connectivity index (χ0) is 9.26. The van der Waals surface area contributed by atoms with Gasteiger partial charge in [-0.3, -0.25) is 4.79 Å². The second-order valence-electron chi connectivity index (χ2n) is 4.00. The number of hydrogen-bond acceptors (Lipinski definition) is 2. The molecule has 13 heavy (non-hydrogen) atoms. The lowest BCUT2D eigenvalue weighted by Gasteiger charge is -2.24. The number of amides is 1. The molecule has 2 aliphatic rings. The van der Waals surface area contributed by atoms with Gasteiger partial charge in [0.25, 0.3) is 0 Å². The predicted octanol–water partition coefficient (Wildman–Crippen LogP) is 0.384. The molecule has 2 aliphatic heterocycles. The molecule has 0 bridgehead atoms. The quantitative estimate of drug-likeness (QED) is 0.592. The van der Waals surface area contributed by atoms with Gasteiger partial charge in [0.1, 0.15) is 0 Å². The molecule has 1 unspecified atom stereocenters. The summed E-state index contributed by atoms with van der Waals surface area (Å²) in [5.41, 5.74) is 1.48. The molecule has 3 heteroatoms. The van der Waals surface area contributed by atoms with Crippen LogP contribution < -0.4 is 5.32 Å². The monoisotopic (exact) mass is 180 g/mol. The van der Waals surface area contributed by atoms with Crippen LogP contribution in [0.3, 0.4) is 0 Å². The topological polar surface area (TPSA) is 32.3 Å². The van der Waals surface area contributed by atoms with Gasteiger partial charge in [0.15, 0.2) is 0 Å². The standard InChI is InChI=1S/C10H16N2O/c1-12-4-2-8(3-5-12)9-6-10(13)11-7-9/h2,9H,3-7H2,1H3,(H,11,13). The Labute approximate surface area is 78.8 Å². The fourth-order valence-corrected chi connectivity index (χ4v) is 2.02. The molecule has 1 saturated heterocycles. The molecule has 0 radical (unpaired) electrons. The summed E-state index contributed by atoms with van der Waals surface area (Å²) in [5.74, 6) is 0.700. The first-order valence-electron chi connectivity index (χ1n) is 4.90. The highest BCUT2D eigenvalue weighted by molar-refractivity contribution is 5.78. The molecule has 0 aromatic carbocycles. The van der Waals surface area contributed by atoms with Crippen LogP contribution in [0.25, 0.3) is 0 Å². The van der Waals surface area contributed by atoms with Crippen molar-refractivity contribution in [1.29, 1.82) is 0 Å². The maximum Gasteiger partial charge on any atom is 0.220 e. The van der Waals surface area contributed by atoms with E-state index in [2.05, 4.69) is 23.3 Å². The van der Waals surface area contributed by atoms with Gasteiger partial charge in [-0.25, -0.2) is 0 Å². The van der Waals surface area contributed by atoms with Crippen LogP contribution in [0.4, 0.5) is 0 Å². The minimum atomic E-state index is 0.213. The SMILES string of the molecule is CN1CC=C(C2CNC(=O)C2)CC1. The van der Waals surface area contributed by atoms with Gasteiger partial charge in [0.05, 0.1) is 0 Å². The van der Waals surface area contributed by atoms with Gasteiger partial charge in [0.2, 0.25) is 5.91 Å². The molecule has 3 nitrogen and oxygen atoms in total. The van der Waals surface area contributed by atoms with Crippen molar-refractivity contribution in [2.24, 2.45) is 5.92 Å². The third kappa shape index (κ3) is 1.91. The molecule has 0 aromatic rings. The summed E-state index contributed by atoms with van der Waals surface area (Å²) in [5, 5.41) is 2.88. The maximum absolute atomic E-state index is 11.0. The predicted molar refractivity (Wildman–Crippen MR) is 51.3 cm³/mol. The minimum absolute atomic E-state index is 0.213. The van der Waals surface area contributed by atoms with Crippen molar-refractivity contribution in [3.05, 3.63) is 11.6 Å². The Morgan fingerprint density at radius 2 is 2.46 bits per heavy atom. The van der Waals surface area contributed by atoms with Crippen LogP contribution in [0.2, 0.25) is 0 Å². The number of hydrogen-bond donors (Lipinski definition) is 1. The van der Waals surface area contributed by atoms with Crippen molar-refractivity contribution in [1.82, 2.24) is 10.2 Å². The summed E-state index contributed by atoms with van der Waals surface area (Å²) in [6.07, 6.45) is 4.13.